The normalized spacial score (nSPS) is 11.8. The maximum atomic E-state index is 12.4. The highest BCUT2D eigenvalue weighted by atomic mass is 16.5. The van der Waals surface area contributed by atoms with Gasteiger partial charge in [0.1, 0.15) is 11.5 Å². The summed E-state index contributed by atoms with van der Waals surface area (Å²) in [6, 6.07) is 21.9. The Balaban J connectivity index is 1.50. The van der Waals surface area contributed by atoms with Gasteiger partial charge in [-0.2, -0.15) is 0 Å². The van der Waals surface area contributed by atoms with Gasteiger partial charge in [-0.3, -0.25) is 4.79 Å². The number of benzene rings is 3. The molecule has 1 N–H and O–H groups in total. The third-order valence-corrected chi connectivity index (χ3v) is 4.62. The molecular formula is C24H27NO3. The molecule has 1 amide bonds. The van der Waals surface area contributed by atoms with Crippen LogP contribution in [0.3, 0.4) is 0 Å². The standard InChI is InChI=1S/C24H27NO3/c1-3-27-22-15-7-5-11-20(22)13-9-17-25-24(26)18(2)28-23-16-8-12-19-10-4-6-14-21(19)23/h4-8,10-12,14-16,18H,3,9,13,17H2,1-2H3,(H,25,26)/t18-/m0/s1. The molecule has 4 heteroatoms. The lowest BCUT2D eigenvalue weighted by Gasteiger charge is -2.16. The first-order valence-electron chi connectivity index (χ1n) is 9.82. The highest BCUT2D eigenvalue weighted by molar-refractivity contribution is 5.89. The largest absolute Gasteiger partial charge is 0.494 e. The minimum atomic E-state index is -0.554. The minimum absolute atomic E-state index is 0.106. The number of carbonyl (C=O) groups excluding carboxylic acids is 1. The second kappa shape index (κ2) is 9.79. The fourth-order valence-electron chi connectivity index (χ4n) is 3.18. The molecule has 0 saturated carbocycles. The molecule has 3 aromatic rings. The molecule has 0 aliphatic rings. The molecule has 0 aliphatic heterocycles. The van der Waals surface area contributed by atoms with Crippen molar-refractivity contribution in [2.24, 2.45) is 0 Å². The minimum Gasteiger partial charge on any atom is -0.494 e. The van der Waals surface area contributed by atoms with Gasteiger partial charge < -0.3 is 14.8 Å². The van der Waals surface area contributed by atoms with Crippen molar-refractivity contribution in [1.29, 1.82) is 0 Å². The molecule has 0 saturated heterocycles. The van der Waals surface area contributed by atoms with Crippen LogP contribution in [0.5, 0.6) is 11.5 Å². The van der Waals surface area contributed by atoms with Crippen LogP contribution in [0.1, 0.15) is 25.8 Å². The second-order valence-electron chi connectivity index (χ2n) is 6.67. The predicted molar refractivity (Wildman–Crippen MR) is 113 cm³/mol. The molecule has 0 bridgehead atoms. The van der Waals surface area contributed by atoms with Crippen molar-refractivity contribution in [3.63, 3.8) is 0 Å². The second-order valence-corrected chi connectivity index (χ2v) is 6.67. The first-order chi connectivity index (χ1) is 13.7. The Morgan fingerprint density at radius 3 is 2.54 bits per heavy atom. The number of hydrogen-bond donors (Lipinski definition) is 1. The lowest BCUT2D eigenvalue weighted by Crippen LogP contribution is -2.37. The van der Waals surface area contributed by atoms with E-state index < -0.39 is 6.10 Å². The average Bonchev–Trinajstić information content (AvgIpc) is 2.72. The fraction of sp³-hybridized carbons (Fsp3) is 0.292. The summed E-state index contributed by atoms with van der Waals surface area (Å²) in [5.74, 6) is 1.54. The van der Waals surface area contributed by atoms with E-state index in [-0.39, 0.29) is 5.91 Å². The van der Waals surface area contributed by atoms with Gasteiger partial charge in [-0.05, 0) is 49.8 Å². The first-order valence-corrected chi connectivity index (χ1v) is 9.82. The van der Waals surface area contributed by atoms with Gasteiger partial charge in [-0.1, -0.05) is 54.6 Å². The van der Waals surface area contributed by atoms with Gasteiger partial charge in [-0.25, -0.2) is 0 Å². The highest BCUT2D eigenvalue weighted by Crippen LogP contribution is 2.26. The van der Waals surface area contributed by atoms with Gasteiger partial charge in [0, 0.05) is 11.9 Å². The van der Waals surface area contributed by atoms with Crippen LogP contribution in [-0.4, -0.2) is 25.2 Å². The fourth-order valence-corrected chi connectivity index (χ4v) is 3.18. The Bertz CT molecular complexity index is 917. The van der Waals surface area contributed by atoms with Gasteiger partial charge in [0.2, 0.25) is 0 Å². The topological polar surface area (TPSA) is 47.6 Å². The van der Waals surface area contributed by atoms with E-state index in [9.17, 15) is 4.79 Å². The SMILES string of the molecule is CCOc1ccccc1CCCNC(=O)[C@H](C)Oc1cccc2ccccc12. The maximum absolute atomic E-state index is 12.4. The van der Waals surface area contributed by atoms with Crippen LogP contribution in [0.15, 0.2) is 66.7 Å². The molecule has 0 spiro atoms. The van der Waals surface area contributed by atoms with Crippen molar-refractivity contribution in [3.05, 3.63) is 72.3 Å². The van der Waals surface area contributed by atoms with Crippen LogP contribution in [0.25, 0.3) is 10.8 Å². The van der Waals surface area contributed by atoms with Gasteiger partial charge >= 0.3 is 0 Å². The molecule has 28 heavy (non-hydrogen) atoms. The number of amides is 1. The summed E-state index contributed by atoms with van der Waals surface area (Å²) in [6.07, 6.45) is 1.15. The number of hydrogen-bond acceptors (Lipinski definition) is 3. The lowest BCUT2D eigenvalue weighted by molar-refractivity contribution is -0.127. The van der Waals surface area contributed by atoms with Gasteiger partial charge in [0.25, 0.3) is 5.91 Å². The number of nitrogens with one attached hydrogen (secondary N) is 1. The summed E-state index contributed by atoms with van der Waals surface area (Å²) >= 11 is 0. The van der Waals surface area contributed by atoms with Gasteiger partial charge in [0.15, 0.2) is 6.10 Å². The summed E-state index contributed by atoms with van der Waals surface area (Å²) < 4.78 is 11.6. The molecule has 0 unspecified atom stereocenters. The molecule has 3 aromatic carbocycles. The van der Waals surface area contributed by atoms with Gasteiger partial charge in [0.05, 0.1) is 6.61 Å². The van der Waals surface area contributed by atoms with E-state index in [0.717, 1.165) is 35.1 Å². The Kier molecular flexibility index (Phi) is 6.90. The number of fused-ring (bicyclic) bond motifs is 1. The number of para-hydroxylation sites is 1. The van der Waals surface area contributed by atoms with Crippen molar-refractivity contribution >= 4 is 16.7 Å². The molecule has 0 aliphatic carbocycles. The molecule has 1 atom stereocenters. The maximum Gasteiger partial charge on any atom is 0.260 e. The monoisotopic (exact) mass is 377 g/mol. The zero-order chi connectivity index (χ0) is 19.8. The molecule has 0 aromatic heterocycles. The first kappa shape index (κ1) is 19.7. The van der Waals surface area contributed by atoms with Crippen LogP contribution in [0, 0.1) is 0 Å². The summed E-state index contributed by atoms with van der Waals surface area (Å²) in [5, 5.41) is 5.08. The summed E-state index contributed by atoms with van der Waals surface area (Å²) in [4.78, 5) is 12.4. The van der Waals surface area contributed by atoms with Crippen molar-refractivity contribution < 1.29 is 14.3 Å². The summed E-state index contributed by atoms with van der Waals surface area (Å²) in [7, 11) is 0. The van der Waals surface area contributed by atoms with Crippen LogP contribution >= 0.6 is 0 Å². The van der Waals surface area contributed by atoms with E-state index in [4.69, 9.17) is 9.47 Å². The Morgan fingerprint density at radius 1 is 0.964 bits per heavy atom. The van der Waals surface area contributed by atoms with E-state index in [1.807, 2.05) is 67.6 Å². The van der Waals surface area contributed by atoms with Crippen LogP contribution in [-0.2, 0) is 11.2 Å². The van der Waals surface area contributed by atoms with E-state index in [0.29, 0.717) is 13.2 Å². The molecule has 0 radical (unpaired) electrons. The lowest BCUT2D eigenvalue weighted by atomic mass is 10.1. The zero-order valence-corrected chi connectivity index (χ0v) is 16.5. The number of rotatable bonds is 9. The van der Waals surface area contributed by atoms with Crippen molar-refractivity contribution in [1.82, 2.24) is 5.32 Å². The highest BCUT2D eigenvalue weighted by Gasteiger charge is 2.15. The van der Waals surface area contributed by atoms with E-state index >= 15 is 0 Å². The molecular weight excluding hydrogens is 350 g/mol. The average molecular weight is 377 g/mol. The zero-order valence-electron chi connectivity index (χ0n) is 16.5. The van der Waals surface area contributed by atoms with E-state index in [2.05, 4.69) is 11.4 Å². The predicted octanol–water partition coefficient (Wildman–Crippen LogP) is 4.75. The molecule has 4 nitrogen and oxygen atoms in total. The molecule has 146 valence electrons. The molecule has 3 rings (SSSR count). The number of aryl methyl sites for hydroxylation is 1. The van der Waals surface area contributed by atoms with Crippen LogP contribution < -0.4 is 14.8 Å². The van der Waals surface area contributed by atoms with Crippen molar-refractivity contribution in [2.75, 3.05) is 13.2 Å². The van der Waals surface area contributed by atoms with Gasteiger partial charge in [-0.15, -0.1) is 0 Å². The van der Waals surface area contributed by atoms with E-state index in [1.165, 1.54) is 5.56 Å². The van der Waals surface area contributed by atoms with Crippen LogP contribution in [0.2, 0.25) is 0 Å². The number of ether oxygens (including phenoxy) is 2. The van der Waals surface area contributed by atoms with Crippen molar-refractivity contribution in [3.8, 4) is 11.5 Å². The summed E-state index contributed by atoms with van der Waals surface area (Å²) in [6.45, 7) is 5.01. The third-order valence-electron chi connectivity index (χ3n) is 4.62. The van der Waals surface area contributed by atoms with E-state index in [1.54, 1.807) is 6.92 Å². The Morgan fingerprint density at radius 2 is 1.68 bits per heavy atom. The summed E-state index contributed by atoms with van der Waals surface area (Å²) in [5.41, 5.74) is 1.17. The van der Waals surface area contributed by atoms with Crippen molar-refractivity contribution in [2.45, 2.75) is 32.8 Å². The molecule has 0 heterocycles. The third kappa shape index (κ3) is 5.03. The molecule has 0 fully saturated rings. The Hall–Kier alpha value is -3.01. The smallest absolute Gasteiger partial charge is 0.260 e. The number of carbonyl (C=O) groups is 1. The quantitative estimate of drug-likeness (QED) is 0.547. The Labute approximate surface area is 166 Å². The van der Waals surface area contributed by atoms with Crippen LogP contribution in [0.4, 0.5) is 0 Å².